The van der Waals surface area contributed by atoms with E-state index in [1.807, 2.05) is 19.2 Å². The summed E-state index contributed by atoms with van der Waals surface area (Å²) in [6.07, 6.45) is 11.5. The smallest absolute Gasteiger partial charge is 0.251 e. The second kappa shape index (κ2) is 9.81. The van der Waals surface area contributed by atoms with Gasteiger partial charge in [0.25, 0.3) is 5.91 Å². The Bertz CT molecular complexity index is 577. The third-order valence-corrected chi connectivity index (χ3v) is 5.62. The Kier molecular flexibility index (Phi) is 7.18. The van der Waals surface area contributed by atoms with Crippen LogP contribution in [0.3, 0.4) is 0 Å². The van der Waals surface area contributed by atoms with E-state index in [-0.39, 0.29) is 5.91 Å². The normalized spacial score (nSPS) is 18.7. The van der Waals surface area contributed by atoms with Crippen molar-refractivity contribution in [2.75, 3.05) is 30.8 Å². The van der Waals surface area contributed by atoms with Crippen LogP contribution in [0.2, 0.25) is 0 Å². The molecule has 2 saturated carbocycles. The van der Waals surface area contributed by atoms with Crippen LogP contribution in [-0.2, 0) is 0 Å². The van der Waals surface area contributed by atoms with E-state index in [1.165, 1.54) is 57.8 Å². The Hall–Kier alpha value is -1.75. The Labute approximate surface area is 157 Å². The van der Waals surface area contributed by atoms with Crippen LogP contribution in [0.4, 0.5) is 11.4 Å². The molecule has 0 heterocycles. The van der Waals surface area contributed by atoms with Gasteiger partial charge in [-0.15, -0.1) is 0 Å². The maximum absolute atomic E-state index is 12.4. The van der Waals surface area contributed by atoms with Crippen molar-refractivity contribution in [3.63, 3.8) is 0 Å². The van der Waals surface area contributed by atoms with Crippen molar-refractivity contribution in [3.05, 3.63) is 23.8 Å². The van der Waals surface area contributed by atoms with E-state index in [9.17, 15) is 4.79 Å². The van der Waals surface area contributed by atoms with Gasteiger partial charge in [-0.05, 0) is 50.9 Å². The molecule has 144 valence electrons. The van der Waals surface area contributed by atoms with Crippen molar-refractivity contribution in [2.24, 2.45) is 0 Å². The van der Waals surface area contributed by atoms with Gasteiger partial charge in [0.05, 0.1) is 11.4 Å². The maximum Gasteiger partial charge on any atom is 0.251 e. The van der Waals surface area contributed by atoms with Gasteiger partial charge in [-0.3, -0.25) is 4.79 Å². The Morgan fingerprint density at radius 1 is 0.885 bits per heavy atom. The molecule has 2 aliphatic rings. The Morgan fingerprint density at radius 2 is 1.50 bits per heavy atom. The molecule has 0 atom stereocenters. The molecular formula is C21H34N4O. The van der Waals surface area contributed by atoms with E-state index >= 15 is 0 Å². The highest BCUT2D eigenvalue weighted by molar-refractivity contribution is 5.96. The van der Waals surface area contributed by atoms with E-state index in [2.05, 4.69) is 27.3 Å². The number of benzene rings is 1. The fourth-order valence-electron chi connectivity index (χ4n) is 4.09. The van der Waals surface area contributed by atoms with Crippen LogP contribution >= 0.6 is 0 Å². The fourth-order valence-corrected chi connectivity index (χ4v) is 4.09. The van der Waals surface area contributed by atoms with E-state index in [4.69, 9.17) is 0 Å². The van der Waals surface area contributed by atoms with Crippen molar-refractivity contribution in [1.82, 2.24) is 10.6 Å². The number of hydrogen-bond acceptors (Lipinski definition) is 4. The first-order chi connectivity index (χ1) is 12.8. The van der Waals surface area contributed by atoms with Gasteiger partial charge < -0.3 is 21.3 Å². The van der Waals surface area contributed by atoms with Gasteiger partial charge in [-0.25, -0.2) is 0 Å². The lowest BCUT2D eigenvalue weighted by atomic mass is 9.95. The molecule has 0 radical (unpaired) electrons. The highest BCUT2D eigenvalue weighted by atomic mass is 16.1. The van der Waals surface area contributed by atoms with Gasteiger partial charge in [0.1, 0.15) is 0 Å². The zero-order valence-electron chi connectivity index (χ0n) is 16.1. The molecule has 0 spiro atoms. The molecule has 1 aromatic rings. The summed E-state index contributed by atoms with van der Waals surface area (Å²) in [4.78, 5) is 12.4. The zero-order chi connectivity index (χ0) is 18.2. The first-order valence-corrected chi connectivity index (χ1v) is 10.4. The quantitative estimate of drug-likeness (QED) is 0.535. The zero-order valence-corrected chi connectivity index (χ0v) is 16.1. The van der Waals surface area contributed by atoms with Gasteiger partial charge in [0, 0.05) is 30.7 Å². The summed E-state index contributed by atoms with van der Waals surface area (Å²) in [6.45, 7) is 1.42. The average molecular weight is 359 g/mol. The summed E-state index contributed by atoms with van der Waals surface area (Å²) in [5.74, 6) is -0.000983. The van der Waals surface area contributed by atoms with Crippen molar-refractivity contribution >= 4 is 17.3 Å². The maximum atomic E-state index is 12.4. The summed E-state index contributed by atoms with van der Waals surface area (Å²) >= 11 is 0. The Morgan fingerprint density at radius 3 is 2.15 bits per heavy atom. The minimum atomic E-state index is -0.000983. The van der Waals surface area contributed by atoms with E-state index in [0.29, 0.717) is 18.6 Å². The predicted octanol–water partition coefficient (Wildman–Crippen LogP) is 3.73. The molecule has 1 aromatic carbocycles. The van der Waals surface area contributed by atoms with Gasteiger partial charge in [0.15, 0.2) is 0 Å². The summed E-state index contributed by atoms with van der Waals surface area (Å²) in [5, 5.41) is 13.5. The van der Waals surface area contributed by atoms with Gasteiger partial charge in [-0.1, -0.05) is 32.1 Å². The van der Waals surface area contributed by atoms with Crippen LogP contribution in [0.25, 0.3) is 0 Å². The molecule has 3 rings (SSSR count). The molecule has 0 bridgehead atoms. The SMILES string of the molecule is CNCCNC(=O)c1ccc(NC2CCCCC2)c(NC2CCCC2)c1. The summed E-state index contributed by atoms with van der Waals surface area (Å²) in [7, 11) is 1.89. The van der Waals surface area contributed by atoms with Crippen molar-refractivity contribution in [2.45, 2.75) is 69.9 Å². The predicted molar refractivity (Wildman–Crippen MR) is 109 cm³/mol. The molecule has 2 fully saturated rings. The number of rotatable bonds is 8. The second-order valence-corrected chi connectivity index (χ2v) is 7.72. The van der Waals surface area contributed by atoms with Gasteiger partial charge >= 0.3 is 0 Å². The number of likely N-dealkylation sites (N-methyl/N-ethyl adjacent to an activating group) is 1. The molecule has 0 saturated heterocycles. The van der Waals surface area contributed by atoms with E-state index < -0.39 is 0 Å². The summed E-state index contributed by atoms with van der Waals surface area (Å²) < 4.78 is 0. The van der Waals surface area contributed by atoms with Crippen LogP contribution in [0.15, 0.2) is 18.2 Å². The van der Waals surface area contributed by atoms with Crippen LogP contribution in [0.5, 0.6) is 0 Å². The van der Waals surface area contributed by atoms with E-state index in [0.717, 1.165) is 23.5 Å². The fraction of sp³-hybridized carbons (Fsp3) is 0.667. The molecule has 4 N–H and O–H groups in total. The molecular weight excluding hydrogens is 324 g/mol. The molecule has 5 heteroatoms. The number of nitrogens with one attached hydrogen (secondary N) is 4. The first kappa shape index (κ1) is 19.0. The molecule has 0 aliphatic heterocycles. The third kappa shape index (κ3) is 5.37. The number of amides is 1. The molecule has 5 nitrogen and oxygen atoms in total. The number of carbonyl (C=O) groups excluding carboxylic acids is 1. The van der Waals surface area contributed by atoms with Crippen LogP contribution < -0.4 is 21.3 Å². The van der Waals surface area contributed by atoms with E-state index in [1.54, 1.807) is 0 Å². The van der Waals surface area contributed by atoms with Crippen molar-refractivity contribution in [1.29, 1.82) is 0 Å². The lowest BCUT2D eigenvalue weighted by Gasteiger charge is -2.26. The third-order valence-electron chi connectivity index (χ3n) is 5.62. The molecule has 0 aromatic heterocycles. The largest absolute Gasteiger partial charge is 0.381 e. The standard InChI is InChI=1S/C21H34N4O/c1-22-13-14-23-21(26)16-11-12-19(24-17-7-3-2-4-8-17)20(15-16)25-18-9-5-6-10-18/h11-12,15,17-18,22,24-25H,2-10,13-14H2,1H3,(H,23,26). The Balaban J connectivity index is 1.72. The highest BCUT2D eigenvalue weighted by Gasteiger charge is 2.19. The summed E-state index contributed by atoms with van der Waals surface area (Å²) in [6, 6.07) is 7.14. The van der Waals surface area contributed by atoms with Crippen LogP contribution in [-0.4, -0.2) is 38.1 Å². The van der Waals surface area contributed by atoms with Crippen LogP contribution in [0, 0.1) is 0 Å². The monoisotopic (exact) mass is 358 g/mol. The van der Waals surface area contributed by atoms with Crippen molar-refractivity contribution < 1.29 is 4.79 Å². The molecule has 2 aliphatic carbocycles. The summed E-state index contributed by atoms with van der Waals surface area (Å²) in [5.41, 5.74) is 2.97. The van der Waals surface area contributed by atoms with Crippen molar-refractivity contribution in [3.8, 4) is 0 Å². The lowest BCUT2D eigenvalue weighted by molar-refractivity contribution is 0.0954. The first-order valence-electron chi connectivity index (χ1n) is 10.4. The molecule has 1 amide bonds. The average Bonchev–Trinajstić information content (AvgIpc) is 3.17. The minimum Gasteiger partial charge on any atom is -0.381 e. The number of hydrogen-bond donors (Lipinski definition) is 4. The van der Waals surface area contributed by atoms with Gasteiger partial charge in [0.2, 0.25) is 0 Å². The van der Waals surface area contributed by atoms with Gasteiger partial charge in [-0.2, -0.15) is 0 Å². The highest BCUT2D eigenvalue weighted by Crippen LogP contribution is 2.31. The number of carbonyl (C=O) groups is 1. The number of anilines is 2. The molecule has 0 unspecified atom stereocenters. The minimum absolute atomic E-state index is 0.000983. The van der Waals surface area contributed by atoms with Crippen LogP contribution in [0.1, 0.15) is 68.1 Å². The lowest BCUT2D eigenvalue weighted by Crippen LogP contribution is -2.30. The molecule has 26 heavy (non-hydrogen) atoms. The second-order valence-electron chi connectivity index (χ2n) is 7.72. The topological polar surface area (TPSA) is 65.2 Å².